The topological polar surface area (TPSA) is 58.6 Å². The van der Waals surface area contributed by atoms with Gasteiger partial charge in [-0.25, -0.2) is 0 Å². The average molecular weight is 489 g/mol. The molecular weight excluding hydrogens is 456 g/mol. The second kappa shape index (κ2) is 11.9. The molecule has 0 aromatic heterocycles. The molecule has 0 aliphatic carbocycles. The fourth-order valence-electron chi connectivity index (χ4n) is 3.47. The fraction of sp³-hybridized carbons (Fsp3) is 0.440. The first kappa shape index (κ1) is 24.9. The summed E-state index contributed by atoms with van der Waals surface area (Å²) in [6, 6.07) is 11.2. The van der Waals surface area contributed by atoms with Crippen molar-refractivity contribution in [2.24, 2.45) is 0 Å². The predicted octanol–water partition coefficient (Wildman–Crippen LogP) is 5.09. The van der Waals surface area contributed by atoms with E-state index in [-0.39, 0.29) is 18.4 Å². The van der Waals surface area contributed by atoms with Crippen LogP contribution in [0.4, 0.5) is 0 Å². The number of rotatable bonds is 10. The summed E-state index contributed by atoms with van der Waals surface area (Å²) in [6.07, 6.45) is 1.38. The number of hydrogen-bond donors (Lipinski definition) is 1. The molecule has 0 spiro atoms. The van der Waals surface area contributed by atoms with Gasteiger partial charge in [0.05, 0.1) is 0 Å². The molecule has 0 aliphatic rings. The first-order chi connectivity index (χ1) is 14.8. The number of aryl methyl sites for hydroxylation is 3. The van der Waals surface area contributed by atoms with Gasteiger partial charge in [0.15, 0.2) is 6.61 Å². The highest BCUT2D eigenvalue weighted by Gasteiger charge is 2.29. The van der Waals surface area contributed by atoms with Gasteiger partial charge in [0.1, 0.15) is 11.8 Å². The van der Waals surface area contributed by atoms with Gasteiger partial charge in [-0.1, -0.05) is 54.0 Å². The molecule has 1 N–H and O–H groups in total. The molecule has 0 fully saturated rings. The van der Waals surface area contributed by atoms with Gasteiger partial charge in [0, 0.05) is 17.6 Å². The number of halogens is 1. The quantitative estimate of drug-likeness (QED) is 0.506. The Labute approximate surface area is 194 Å². The molecule has 2 amide bonds. The van der Waals surface area contributed by atoms with E-state index < -0.39 is 6.04 Å². The van der Waals surface area contributed by atoms with Crippen molar-refractivity contribution >= 4 is 27.7 Å². The molecule has 168 valence electrons. The highest BCUT2D eigenvalue weighted by molar-refractivity contribution is 9.10. The molecule has 0 heterocycles. The third-order valence-corrected chi connectivity index (χ3v) is 6.56. The largest absolute Gasteiger partial charge is 0.484 e. The zero-order valence-corrected chi connectivity index (χ0v) is 20.7. The van der Waals surface area contributed by atoms with Crippen molar-refractivity contribution in [3.05, 3.63) is 63.1 Å². The lowest BCUT2D eigenvalue weighted by Gasteiger charge is -2.31. The summed E-state index contributed by atoms with van der Waals surface area (Å²) >= 11 is 3.55. The summed E-state index contributed by atoms with van der Waals surface area (Å²) in [4.78, 5) is 27.7. The third kappa shape index (κ3) is 6.82. The zero-order valence-electron chi connectivity index (χ0n) is 19.1. The second-order valence-corrected chi connectivity index (χ2v) is 8.62. The Kier molecular flexibility index (Phi) is 9.56. The highest BCUT2D eigenvalue weighted by atomic mass is 79.9. The number of benzene rings is 2. The summed E-state index contributed by atoms with van der Waals surface area (Å²) in [6.45, 7) is 10.8. The van der Waals surface area contributed by atoms with E-state index in [0.29, 0.717) is 25.3 Å². The molecule has 1 atom stereocenters. The van der Waals surface area contributed by atoms with Crippen LogP contribution in [0, 0.1) is 20.8 Å². The smallest absolute Gasteiger partial charge is 0.261 e. The van der Waals surface area contributed by atoms with Gasteiger partial charge in [-0.2, -0.15) is 0 Å². The van der Waals surface area contributed by atoms with Crippen molar-refractivity contribution in [1.29, 1.82) is 0 Å². The molecule has 0 aliphatic heterocycles. The fourth-order valence-corrected chi connectivity index (χ4v) is 3.70. The minimum absolute atomic E-state index is 0.121. The van der Waals surface area contributed by atoms with Crippen LogP contribution in [0.25, 0.3) is 0 Å². The first-order valence-corrected chi connectivity index (χ1v) is 11.6. The van der Waals surface area contributed by atoms with E-state index in [1.807, 2.05) is 71.0 Å². The van der Waals surface area contributed by atoms with Crippen molar-refractivity contribution in [1.82, 2.24) is 10.2 Å². The zero-order chi connectivity index (χ0) is 23.0. The SMILES string of the molecule is CCCNC(=O)C(CC)N(Cc1ccccc1C)C(=O)COc1cc(C)c(Br)c(C)c1. The Balaban J connectivity index is 2.24. The number of ether oxygens (including phenoxy) is 1. The van der Waals surface area contributed by atoms with Crippen LogP contribution >= 0.6 is 15.9 Å². The van der Waals surface area contributed by atoms with Crippen LogP contribution in [-0.4, -0.2) is 35.9 Å². The summed E-state index contributed by atoms with van der Waals surface area (Å²) < 4.78 is 6.88. The molecule has 6 heteroatoms. The van der Waals surface area contributed by atoms with Crippen molar-refractivity contribution < 1.29 is 14.3 Å². The molecule has 0 saturated carbocycles. The maximum atomic E-state index is 13.3. The number of carbonyl (C=O) groups is 2. The van der Waals surface area contributed by atoms with Gasteiger partial charge < -0.3 is 15.0 Å². The van der Waals surface area contributed by atoms with E-state index in [2.05, 4.69) is 21.2 Å². The van der Waals surface area contributed by atoms with E-state index in [4.69, 9.17) is 4.74 Å². The lowest BCUT2D eigenvalue weighted by atomic mass is 10.1. The van der Waals surface area contributed by atoms with Crippen molar-refractivity contribution in [3.63, 3.8) is 0 Å². The maximum absolute atomic E-state index is 13.3. The van der Waals surface area contributed by atoms with Crippen LogP contribution in [0.2, 0.25) is 0 Å². The van der Waals surface area contributed by atoms with Gasteiger partial charge in [0.2, 0.25) is 5.91 Å². The van der Waals surface area contributed by atoms with E-state index in [0.717, 1.165) is 33.1 Å². The number of nitrogens with one attached hydrogen (secondary N) is 1. The van der Waals surface area contributed by atoms with Crippen LogP contribution in [0.5, 0.6) is 5.75 Å². The van der Waals surface area contributed by atoms with Gasteiger partial charge in [-0.05, 0) is 68.0 Å². The second-order valence-electron chi connectivity index (χ2n) is 7.82. The Morgan fingerprint density at radius 3 is 2.29 bits per heavy atom. The number of hydrogen-bond acceptors (Lipinski definition) is 3. The number of amides is 2. The van der Waals surface area contributed by atoms with E-state index in [1.165, 1.54) is 0 Å². The monoisotopic (exact) mass is 488 g/mol. The summed E-state index contributed by atoms with van der Waals surface area (Å²) in [5.41, 5.74) is 4.20. The molecule has 0 radical (unpaired) electrons. The highest BCUT2D eigenvalue weighted by Crippen LogP contribution is 2.26. The standard InChI is InChI=1S/C25H33BrN2O3/c1-6-12-27-25(30)22(7-2)28(15-20-11-9-8-10-17(20)3)23(29)16-31-21-13-18(4)24(26)19(5)14-21/h8-11,13-14,22H,6-7,12,15-16H2,1-5H3,(H,27,30). The molecule has 5 nitrogen and oxygen atoms in total. The predicted molar refractivity (Wildman–Crippen MR) is 128 cm³/mol. The average Bonchev–Trinajstić information content (AvgIpc) is 2.75. The molecule has 2 aromatic carbocycles. The third-order valence-electron chi connectivity index (χ3n) is 5.31. The van der Waals surface area contributed by atoms with Gasteiger partial charge >= 0.3 is 0 Å². The Morgan fingerprint density at radius 1 is 1.06 bits per heavy atom. The Bertz CT molecular complexity index is 890. The molecule has 2 rings (SSSR count). The minimum Gasteiger partial charge on any atom is -0.484 e. The first-order valence-electron chi connectivity index (χ1n) is 10.8. The van der Waals surface area contributed by atoms with E-state index in [1.54, 1.807) is 4.90 Å². The van der Waals surface area contributed by atoms with Crippen LogP contribution in [0.1, 0.15) is 48.9 Å². The molecule has 0 bridgehead atoms. The lowest BCUT2D eigenvalue weighted by molar-refractivity contribution is -0.143. The van der Waals surface area contributed by atoms with Gasteiger partial charge in [0.25, 0.3) is 5.91 Å². The number of nitrogens with zero attached hydrogens (tertiary/aromatic N) is 1. The maximum Gasteiger partial charge on any atom is 0.261 e. The van der Waals surface area contributed by atoms with Crippen LogP contribution in [-0.2, 0) is 16.1 Å². The van der Waals surface area contributed by atoms with Crippen LogP contribution in [0.15, 0.2) is 40.9 Å². The lowest BCUT2D eigenvalue weighted by Crippen LogP contribution is -2.50. The Morgan fingerprint density at radius 2 is 1.71 bits per heavy atom. The van der Waals surface area contributed by atoms with Crippen molar-refractivity contribution in [3.8, 4) is 5.75 Å². The number of carbonyl (C=O) groups excluding carboxylic acids is 2. The molecular formula is C25H33BrN2O3. The molecule has 31 heavy (non-hydrogen) atoms. The molecule has 2 aromatic rings. The van der Waals surface area contributed by atoms with Crippen molar-refractivity contribution in [2.45, 2.75) is 60.0 Å². The normalized spacial score (nSPS) is 11.7. The summed E-state index contributed by atoms with van der Waals surface area (Å²) in [7, 11) is 0. The van der Waals surface area contributed by atoms with Crippen molar-refractivity contribution in [2.75, 3.05) is 13.2 Å². The molecule has 0 saturated heterocycles. The van der Waals surface area contributed by atoms with E-state index >= 15 is 0 Å². The summed E-state index contributed by atoms with van der Waals surface area (Å²) in [5, 5.41) is 2.94. The minimum atomic E-state index is -0.546. The van der Waals surface area contributed by atoms with E-state index in [9.17, 15) is 9.59 Å². The van der Waals surface area contributed by atoms with Crippen LogP contribution in [0.3, 0.4) is 0 Å². The Hall–Kier alpha value is -2.34. The summed E-state index contributed by atoms with van der Waals surface area (Å²) in [5.74, 6) is 0.312. The van der Waals surface area contributed by atoms with Crippen LogP contribution < -0.4 is 10.1 Å². The molecule has 1 unspecified atom stereocenters. The van der Waals surface area contributed by atoms with Gasteiger partial charge in [-0.3, -0.25) is 9.59 Å². The van der Waals surface area contributed by atoms with Gasteiger partial charge in [-0.15, -0.1) is 0 Å².